The quantitative estimate of drug-likeness (QED) is 0.353. The molecule has 0 bridgehead atoms. The fourth-order valence-electron chi connectivity index (χ4n) is 1.36. The van der Waals surface area contributed by atoms with Crippen LogP contribution in [0.4, 0.5) is 5.69 Å². The number of nitrogens with two attached hydrogens (primary N) is 1. The molecule has 0 heterocycles. The Morgan fingerprint density at radius 3 is 2.71 bits per heavy atom. The van der Waals surface area contributed by atoms with Gasteiger partial charge in [-0.15, -0.1) is 12.3 Å². The standard InChI is InChI=1S/C14H19N3/c1-3-4-5-6-11-16-14(15)17-13-9-7-12(2)8-10-13/h1,7-10H,4-6,11H2,2H3,(H3,15,16,17). The fourth-order valence-corrected chi connectivity index (χ4v) is 1.36. The number of aliphatic imine (C=N–C) groups is 1. The highest BCUT2D eigenvalue weighted by Crippen LogP contribution is 2.07. The zero-order valence-electron chi connectivity index (χ0n) is 10.2. The van der Waals surface area contributed by atoms with Gasteiger partial charge in [0.05, 0.1) is 0 Å². The van der Waals surface area contributed by atoms with Crippen LogP contribution in [0.15, 0.2) is 29.3 Å². The molecule has 17 heavy (non-hydrogen) atoms. The summed E-state index contributed by atoms with van der Waals surface area (Å²) in [7, 11) is 0. The summed E-state index contributed by atoms with van der Waals surface area (Å²) in [6, 6.07) is 8.02. The molecule has 0 unspecified atom stereocenters. The minimum absolute atomic E-state index is 0.453. The average molecular weight is 229 g/mol. The number of guanidine groups is 1. The van der Waals surface area contributed by atoms with E-state index in [0.29, 0.717) is 12.5 Å². The van der Waals surface area contributed by atoms with Crippen molar-refractivity contribution in [1.29, 1.82) is 0 Å². The van der Waals surface area contributed by atoms with Crippen LogP contribution in [-0.4, -0.2) is 12.5 Å². The molecule has 3 nitrogen and oxygen atoms in total. The lowest BCUT2D eigenvalue weighted by Crippen LogP contribution is -2.22. The van der Waals surface area contributed by atoms with E-state index in [0.717, 1.165) is 24.9 Å². The van der Waals surface area contributed by atoms with Gasteiger partial charge in [0.15, 0.2) is 5.96 Å². The molecule has 90 valence electrons. The van der Waals surface area contributed by atoms with Crippen molar-refractivity contribution in [2.24, 2.45) is 10.7 Å². The van der Waals surface area contributed by atoms with Gasteiger partial charge >= 0.3 is 0 Å². The van der Waals surface area contributed by atoms with Gasteiger partial charge in [-0.2, -0.15) is 0 Å². The molecule has 0 aliphatic carbocycles. The normalized spacial score (nSPS) is 10.9. The number of rotatable bonds is 5. The molecule has 1 rings (SSSR count). The van der Waals surface area contributed by atoms with E-state index in [2.05, 4.69) is 16.2 Å². The van der Waals surface area contributed by atoms with E-state index in [1.165, 1.54) is 5.56 Å². The van der Waals surface area contributed by atoms with Gasteiger partial charge in [0.1, 0.15) is 0 Å². The first-order chi connectivity index (χ1) is 8.22. The Morgan fingerprint density at radius 1 is 1.35 bits per heavy atom. The summed E-state index contributed by atoms with van der Waals surface area (Å²) in [5.41, 5.74) is 7.94. The summed E-state index contributed by atoms with van der Waals surface area (Å²) in [6.07, 6.45) is 7.94. The molecule has 0 aliphatic rings. The first-order valence-electron chi connectivity index (χ1n) is 5.79. The van der Waals surface area contributed by atoms with Crippen LogP contribution in [-0.2, 0) is 0 Å². The lowest BCUT2D eigenvalue weighted by Gasteiger charge is -2.05. The third-order valence-electron chi connectivity index (χ3n) is 2.34. The number of aryl methyl sites for hydroxylation is 1. The Hall–Kier alpha value is -1.95. The molecular formula is C14H19N3. The summed E-state index contributed by atoms with van der Waals surface area (Å²) in [6.45, 7) is 2.76. The van der Waals surface area contributed by atoms with Crippen LogP contribution in [0.3, 0.4) is 0 Å². The average Bonchev–Trinajstić information content (AvgIpc) is 2.32. The Balaban J connectivity index is 2.33. The molecule has 0 aliphatic heterocycles. The number of nitrogens with one attached hydrogen (secondary N) is 1. The smallest absolute Gasteiger partial charge is 0.193 e. The maximum atomic E-state index is 5.76. The highest BCUT2D eigenvalue weighted by Gasteiger charge is 1.94. The first-order valence-corrected chi connectivity index (χ1v) is 5.79. The van der Waals surface area contributed by atoms with E-state index < -0.39 is 0 Å². The predicted octanol–water partition coefficient (Wildman–Crippen LogP) is 2.53. The SMILES string of the molecule is C#CCCCCN=C(N)Nc1ccc(C)cc1. The highest BCUT2D eigenvalue weighted by molar-refractivity contribution is 5.92. The van der Waals surface area contributed by atoms with Gasteiger partial charge in [0, 0.05) is 18.7 Å². The van der Waals surface area contributed by atoms with Crippen molar-refractivity contribution >= 4 is 11.6 Å². The Morgan fingerprint density at radius 2 is 2.06 bits per heavy atom. The van der Waals surface area contributed by atoms with Gasteiger partial charge in [-0.25, -0.2) is 0 Å². The second-order valence-electron chi connectivity index (χ2n) is 3.92. The van der Waals surface area contributed by atoms with Gasteiger partial charge < -0.3 is 11.1 Å². The zero-order valence-corrected chi connectivity index (χ0v) is 10.2. The number of benzene rings is 1. The van der Waals surface area contributed by atoms with Gasteiger partial charge in [0.2, 0.25) is 0 Å². The van der Waals surface area contributed by atoms with E-state index in [-0.39, 0.29) is 0 Å². The van der Waals surface area contributed by atoms with Gasteiger partial charge in [0.25, 0.3) is 0 Å². The molecule has 0 radical (unpaired) electrons. The van der Waals surface area contributed by atoms with Crippen LogP contribution in [0.25, 0.3) is 0 Å². The van der Waals surface area contributed by atoms with Crippen LogP contribution in [0, 0.1) is 19.3 Å². The summed E-state index contributed by atoms with van der Waals surface area (Å²) >= 11 is 0. The van der Waals surface area contributed by atoms with E-state index in [4.69, 9.17) is 12.2 Å². The highest BCUT2D eigenvalue weighted by atomic mass is 15.1. The van der Waals surface area contributed by atoms with E-state index in [1.54, 1.807) is 0 Å². The molecule has 0 saturated carbocycles. The second kappa shape index (κ2) is 7.34. The monoisotopic (exact) mass is 229 g/mol. The predicted molar refractivity (Wildman–Crippen MR) is 74.0 cm³/mol. The Bertz CT molecular complexity index is 398. The minimum atomic E-state index is 0.453. The van der Waals surface area contributed by atoms with E-state index >= 15 is 0 Å². The molecule has 3 heteroatoms. The third-order valence-corrected chi connectivity index (χ3v) is 2.34. The van der Waals surface area contributed by atoms with Crippen molar-refractivity contribution in [3.05, 3.63) is 29.8 Å². The zero-order chi connectivity index (χ0) is 12.5. The maximum Gasteiger partial charge on any atom is 0.193 e. The van der Waals surface area contributed by atoms with Crippen molar-refractivity contribution < 1.29 is 0 Å². The molecule has 1 aromatic carbocycles. The number of anilines is 1. The Kier molecular flexibility index (Phi) is 5.67. The molecule has 3 N–H and O–H groups in total. The van der Waals surface area contributed by atoms with Crippen molar-refractivity contribution in [3.63, 3.8) is 0 Å². The molecule has 0 fully saturated rings. The first kappa shape index (κ1) is 13.1. The van der Waals surface area contributed by atoms with Crippen LogP contribution >= 0.6 is 0 Å². The van der Waals surface area contributed by atoms with Crippen LogP contribution in [0.1, 0.15) is 24.8 Å². The number of hydrogen-bond acceptors (Lipinski definition) is 1. The lowest BCUT2D eigenvalue weighted by molar-refractivity contribution is 0.768. The van der Waals surface area contributed by atoms with Crippen LogP contribution in [0.2, 0.25) is 0 Å². The van der Waals surface area contributed by atoms with Gasteiger partial charge in [-0.05, 0) is 31.9 Å². The maximum absolute atomic E-state index is 5.76. The second-order valence-corrected chi connectivity index (χ2v) is 3.92. The molecule has 0 aromatic heterocycles. The van der Waals surface area contributed by atoms with Crippen molar-refractivity contribution in [1.82, 2.24) is 0 Å². The lowest BCUT2D eigenvalue weighted by atomic mass is 10.2. The molecule has 0 saturated heterocycles. The minimum Gasteiger partial charge on any atom is -0.370 e. The molecular weight excluding hydrogens is 210 g/mol. The van der Waals surface area contributed by atoms with Crippen molar-refractivity contribution in [2.75, 3.05) is 11.9 Å². The Labute approximate surface area is 103 Å². The number of nitrogens with zero attached hydrogens (tertiary/aromatic N) is 1. The van der Waals surface area contributed by atoms with Crippen LogP contribution in [0.5, 0.6) is 0 Å². The van der Waals surface area contributed by atoms with Crippen LogP contribution < -0.4 is 11.1 Å². The molecule has 0 atom stereocenters. The fraction of sp³-hybridized carbons (Fsp3) is 0.357. The molecule has 1 aromatic rings. The number of hydrogen-bond donors (Lipinski definition) is 2. The van der Waals surface area contributed by atoms with E-state index in [9.17, 15) is 0 Å². The van der Waals surface area contributed by atoms with Crippen molar-refractivity contribution in [2.45, 2.75) is 26.2 Å². The summed E-state index contributed by atoms with van der Waals surface area (Å²) in [4.78, 5) is 4.23. The largest absolute Gasteiger partial charge is 0.370 e. The number of unbranched alkanes of at least 4 members (excludes halogenated alkanes) is 2. The van der Waals surface area contributed by atoms with Gasteiger partial charge in [-0.1, -0.05) is 17.7 Å². The summed E-state index contributed by atoms with van der Waals surface area (Å²) in [5.74, 6) is 3.06. The molecule has 0 amide bonds. The molecule has 0 spiro atoms. The summed E-state index contributed by atoms with van der Waals surface area (Å²) in [5, 5.41) is 3.05. The number of terminal acetylenes is 1. The van der Waals surface area contributed by atoms with Gasteiger partial charge in [-0.3, -0.25) is 4.99 Å². The van der Waals surface area contributed by atoms with Crippen molar-refractivity contribution in [3.8, 4) is 12.3 Å². The topological polar surface area (TPSA) is 50.4 Å². The third kappa shape index (κ3) is 5.62. The summed E-state index contributed by atoms with van der Waals surface area (Å²) < 4.78 is 0. The van der Waals surface area contributed by atoms with E-state index in [1.807, 2.05) is 31.2 Å².